The van der Waals surface area contributed by atoms with E-state index in [0.717, 1.165) is 31.9 Å². The molecule has 24 heavy (non-hydrogen) atoms. The van der Waals surface area contributed by atoms with Crippen molar-refractivity contribution in [3.63, 3.8) is 0 Å². The molecule has 118 valence electrons. The number of hydrogen-bond acceptors (Lipinski definition) is 6. The summed E-state index contributed by atoms with van der Waals surface area (Å²) in [6.07, 6.45) is 0. The van der Waals surface area contributed by atoms with Gasteiger partial charge in [-0.25, -0.2) is 14.4 Å². The van der Waals surface area contributed by atoms with Crippen LogP contribution in [0.15, 0.2) is 47.4 Å². The first-order chi connectivity index (χ1) is 11.8. The Morgan fingerprint density at radius 3 is 2.83 bits per heavy atom. The number of fused-ring (bicyclic) bond motifs is 4. The lowest BCUT2D eigenvalue weighted by Gasteiger charge is -2.13. The number of nitrogens with one attached hydrogen (secondary N) is 1. The SMILES string of the molecule is Fc1ccc2nc(Nc3nc4c(s3)CSc3ccccc3-4)sc2c1. The Balaban J connectivity index is 1.51. The summed E-state index contributed by atoms with van der Waals surface area (Å²) in [4.78, 5) is 11.8. The van der Waals surface area contributed by atoms with E-state index in [1.54, 1.807) is 17.4 Å². The fraction of sp³-hybridized carbons (Fsp3) is 0.0588. The maximum atomic E-state index is 13.3. The van der Waals surface area contributed by atoms with Crippen molar-refractivity contribution in [1.82, 2.24) is 9.97 Å². The van der Waals surface area contributed by atoms with Crippen LogP contribution in [0, 0.1) is 5.82 Å². The van der Waals surface area contributed by atoms with Crippen molar-refractivity contribution < 1.29 is 4.39 Å². The third-order valence-electron chi connectivity index (χ3n) is 3.76. The molecule has 0 fully saturated rings. The molecule has 3 nitrogen and oxygen atoms in total. The van der Waals surface area contributed by atoms with Gasteiger partial charge in [0.25, 0.3) is 0 Å². The highest BCUT2D eigenvalue weighted by Gasteiger charge is 2.21. The third kappa shape index (κ3) is 2.40. The van der Waals surface area contributed by atoms with Gasteiger partial charge in [0, 0.05) is 21.1 Å². The number of rotatable bonds is 2. The van der Waals surface area contributed by atoms with E-state index < -0.39 is 0 Å². The van der Waals surface area contributed by atoms with E-state index in [2.05, 4.69) is 28.5 Å². The smallest absolute Gasteiger partial charge is 0.190 e. The zero-order valence-electron chi connectivity index (χ0n) is 12.2. The molecule has 0 saturated carbocycles. The summed E-state index contributed by atoms with van der Waals surface area (Å²) in [5.41, 5.74) is 3.05. The molecule has 1 aliphatic heterocycles. The van der Waals surface area contributed by atoms with Crippen molar-refractivity contribution in [2.75, 3.05) is 5.32 Å². The summed E-state index contributed by atoms with van der Waals surface area (Å²) in [6.45, 7) is 0. The van der Waals surface area contributed by atoms with Gasteiger partial charge in [-0.05, 0) is 24.3 Å². The highest BCUT2D eigenvalue weighted by atomic mass is 32.2. The number of hydrogen-bond donors (Lipinski definition) is 1. The first-order valence-electron chi connectivity index (χ1n) is 7.31. The van der Waals surface area contributed by atoms with Gasteiger partial charge in [-0.3, -0.25) is 0 Å². The van der Waals surface area contributed by atoms with E-state index in [9.17, 15) is 4.39 Å². The summed E-state index contributed by atoms with van der Waals surface area (Å²) in [7, 11) is 0. The van der Waals surface area contributed by atoms with Crippen LogP contribution in [0.1, 0.15) is 4.88 Å². The molecule has 2 aromatic carbocycles. The molecule has 0 unspecified atom stereocenters. The first-order valence-corrected chi connectivity index (χ1v) is 9.93. The van der Waals surface area contributed by atoms with Gasteiger partial charge in [0.05, 0.1) is 15.9 Å². The first kappa shape index (κ1) is 14.4. The van der Waals surface area contributed by atoms with E-state index in [4.69, 9.17) is 4.98 Å². The highest BCUT2D eigenvalue weighted by Crippen LogP contribution is 2.45. The topological polar surface area (TPSA) is 37.8 Å². The number of benzene rings is 2. The van der Waals surface area contributed by atoms with E-state index in [-0.39, 0.29) is 5.82 Å². The van der Waals surface area contributed by atoms with Gasteiger partial charge in [-0.1, -0.05) is 29.5 Å². The number of thiazole rings is 2. The summed E-state index contributed by atoms with van der Waals surface area (Å²) in [5, 5.41) is 4.85. The zero-order valence-corrected chi connectivity index (χ0v) is 14.7. The van der Waals surface area contributed by atoms with Gasteiger partial charge in [0.1, 0.15) is 5.82 Å². The Bertz CT molecular complexity index is 1070. The number of halogens is 1. The Labute approximate surface area is 149 Å². The van der Waals surface area contributed by atoms with Crippen LogP contribution in [-0.4, -0.2) is 9.97 Å². The summed E-state index contributed by atoms with van der Waals surface area (Å²) in [5.74, 6) is 0.701. The molecule has 2 aromatic heterocycles. The number of thioether (sulfide) groups is 1. The molecule has 3 heterocycles. The third-order valence-corrected chi connectivity index (χ3v) is 6.95. The van der Waals surface area contributed by atoms with Crippen LogP contribution >= 0.6 is 34.4 Å². The van der Waals surface area contributed by atoms with Gasteiger partial charge in [-0.2, -0.15) is 0 Å². The molecule has 1 aliphatic rings. The average molecular weight is 371 g/mol. The fourth-order valence-corrected chi connectivity index (χ4v) is 5.74. The normalized spacial score (nSPS) is 12.9. The largest absolute Gasteiger partial charge is 0.307 e. The van der Waals surface area contributed by atoms with Crippen LogP contribution in [-0.2, 0) is 5.75 Å². The summed E-state index contributed by atoms with van der Waals surface area (Å²) in [6, 6.07) is 13.0. The van der Waals surface area contributed by atoms with Gasteiger partial charge < -0.3 is 5.32 Å². The second kappa shape index (κ2) is 5.54. The van der Waals surface area contributed by atoms with Crippen LogP contribution in [0.5, 0.6) is 0 Å². The van der Waals surface area contributed by atoms with Crippen LogP contribution < -0.4 is 5.32 Å². The molecule has 4 aromatic rings. The number of aromatic nitrogens is 2. The van der Waals surface area contributed by atoms with E-state index in [1.165, 1.54) is 38.8 Å². The van der Waals surface area contributed by atoms with E-state index in [1.807, 2.05) is 17.8 Å². The molecule has 0 bridgehead atoms. The molecule has 7 heteroatoms. The van der Waals surface area contributed by atoms with Crippen molar-refractivity contribution in [2.24, 2.45) is 0 Å². The average Bonchev–Trinajstić information content (AvgIpc) is 3.17. The minimum Gasteiger partial charge on any atom is -0.307 e. The lowest BCUT2D eigenvalue weighted by molar-refractivity contribution is 0.630. The Hall–Kier alpha value is -1.96. The van der Waals surface area contributed by atoms with Crippen molar-refractivity contribution >= 4 is 54.9 Å². The number of anilines is 2. The summed E-state index contributed by atoms with van der Waals surface area (Å²) < 4.78 is 14.1. The second-order valence-electron chi connectivity index (χ2n) is 5.33. The van der Waals surface area contributed by atoms with Gasteiger partial charge >= 0.3 is 0 Å². The van der Waals surface area contributed by atoms with Crippen LogP contribution in [0.2, 0.25) is 0 Å². The van der Waals surface area contributed by atoms with Crippen molar-refractivity contribution in [2.45, 2.75) is 10.6 Å². The maximum Gasteiger partial charge on any atom is 0.190 e. The molecule has 5 rings (SSSR count). The zero-order chi connectivity index (χ0) is 16.1. The fourth-order valence-electron chi connectivity index (χ4n) is 2.69. The maximum absolute atomic E-state index is 13.3. The summed E-state index contributed by atoms with van der Waals surface area (Å²) >= 11 is 4.94. The molecule has 0 radical (unpaired) electrons. The van der Waals surface area contributed by atoms with Gasteiger partial charge in [0.15, 0.2) is 10.3 Å². The Kier molecular flexibility index (Phi) is 3.32. The van der Waals surface area contributed by atoms with Crippen molar-refractivity contribution in [3.05, 3.63) is 53.2 Å². The molecule has 0 aliphatic carbocycles. The molecule has 0 spiro atoms. The molecule has 1 N–H and O–H groups in total. The van der Waals surface area contributed by atoms with Crippen LogP contribution in [0.3, 0.4) is 0 Å². The predicted octanol–water partition coefficient (Wildman–Crippen LogP) is 5.91. The van der Waals surface area contributed by atoms with Gasteiger partial charge in [0.2, 0.25) is 0 Å². The minimum absolute atomic E-state index is 0.240. The monoisotopic (exact) mass is 371 g/mol. The lowest BCUT2D eigenvalue weighted by atomic mass is 10.1. The van der Waals surface area contributed by atoms with Gasteiger partial charge in [-0.15, -0.1) is 23.1 Å². The molecular weight excluding hydrogens is 361 g/mol. The standard InChI is InChI=1S/C17H10FN3S3/c18-9-5-6-11-13(7-9)23-16(19-11)21-17-20-15-10-3-1-2-4-12(10)22-8-14(15)24-17/h1-7H,8H2,(H,19,20,21). The van der Waals surface area contributed by atoms with Crippen molar-refractivity contribution in [3.8, 4) is 11.3 Å². The quantitative estimate of drug-likeness (QED) is 0.475. The molecule has 0 amide bonds. The van der Waals surface area contributed by atoms with Crippen LogP contribution in [0.4, 0.5) is 14.7 Å². The number of nitrogens with zero attached hydrogens (tertiary/aromatic N) is 2. The second-order valence-corrected chi connectivity index (χ2v) is 8.46. The van der Waals surface area contributed by atoms with E-state index in [0.29, 0.717) is 0 Å². The minimum atomic E-state index is -0.240. The molecule has 0 atom stereocenters. The van der Waals surface area contributed by atoms with Crippen molar-refractivity contribution in [1.29, 1.82) is 0 Å². The van der Waals surface area contributed by atoms with E-state index >= 15 is 0 Å². The Morgan fingerprint density at radius 1 is 1.00 bits per heavy atom. The Morgan fingerprint density at radius 2 is 1.88 bits per heavy atom. The van der Waals surface area contributed by atoms with Crippen LogP contribution in [0.25, 0.3) is 21.5 Å². The predicted molar refractivity (Wildman–Crippen MR) is 100.0 cm³/mol. The molecular formula is C17H10FN3S3. The highest BCUT2D eigenvalue weighted by molar-refractivity contribution is 7.98. The molecule has 0 saturated heterocycles. The lowest BCUT2D eigenvalue weighted by Crippen LogP contribution is -1.93.